The van der Waals surface area contributed by atoms with Crippen molar-refractivity contribution in [3.63, 3.8) is 0 Å². The highest BCUT2D eigenvalue weighted by Gasteiger charge is 2.30. The van der Waals surface area contributed by atoms with Crippen molar-refractivity contribution in [2.24, 2.45) is 0 Å². The Morgan fingerprint density at radius 2 is 2.04 bits per heavy atom. The molecule has 0 radical (unpaired) electrons. The van der Waals surface area contributed by atoms with Crippen molar-refractivity contribution in [1.29, 1.82) is 0 Å². The number of alkyl halides is 3. The summed E-state index contributed by atoms with van der Waals surface area (Å²) in [6, 6.07) is 6.35. The number of amides is 1. The van der Waals surface area contributed by atoms with Gasteiger partial charge >= 0.3 is 6.18 Å². The van der Waals surface area contributed by atoms with E-state index in [1.807, 2.05) is 0 Å². The number of aromatic nitrogens is 3. The molecule has 0 bridgehead atoms. The first-order valence-corrected chi connectivity index (χ1v) is 7.36. The van der Waals surface area contributed by atoms with Crippen molar-refractivity contribution in [2.45, 2.75) is 6.18 Å². The van der Waals surface area contributed by atoms with Crippen molar-refractivity contribution in [2.75, 3.05) is 0 Å². The van der Waals surface area contributed by atoms with Gasteiger partial charge in [0, 0.05) is 18.6 Å². The fourth-order valence-corrected chi connectivity index (χ4v) is 2.36. The topological polar surface area (TPSA) is 59.8 Å². The van der Waals surface area contributed by atoms with Gasteiger partial charge in [0.1, 0.15) is 5.15 Å². The highest BCUT2D eigenvalue weighted by atomic mass is 35.5. The van der Waals surface area contributed by atoms with Crippen LogP contribution in [0.4, 0.5) is 13.2 Å². The first kappa shape index (κ1) is 17.0. The van der Waals surface area contributed by atoms with E-state index in [1.54, 1.807) is 6.07 Å². The van der Waals surface area contributed by atoms with Crippen molar-refractivity contribution < 1.29 is 18.0 Å². The summed E-state index contributed by atoms with van der Waals surface area (Å²) < 4.78 is 39.6. The lowest BCUT2D eigenvalue weighted by Gasteiger charge is -2.06. The molecule has 3 aromatic rings. The number of carbonyl (C=O) groups is 1. The number of imidazole rings is 1. The number of halogens is 4. The zero-order valence-corrected chi connectivity index (χ0v) is 13.2. The van der Waals surface area contributed by atoms with Crippen molar-refractivity contribution in [3.8, 4) is 0 Å². The lowest BCUT2D eigenvalue weighted by atomic mass is 10.2. The Kier molecular flexibility index (Phi) is 4.45. The lowest BCUT2D eigenvalue weighted by molar-refractivity contribution is -0.137. The van der Waals surface area contributed by atoms with Crippen LogP contribution in [0.5, 0.6) is 0 Å². The monoisotopic (exact) mass is 366 g/mol. The summed E-state index contributed by atoms with van der Waals surface area (Å²) >= 11 is 5.82. The Morgan fingerprint density at radius 1 is 1.24 bits per heavy atom. The molecule has 1 amide bonds. The van der Waals surface area contributed by atoms with E-state index >= 15 is 0 Å². The molecule has 0 atom stereocenters. The molecule has 128 valence electrons. The van der Waals surface area contributed by atoms with Gasteiger partial charge in [0.15, 0.2) is 0 Å². The fraction of sp³-hybridized carbons (Fsp3) is 0.0625. The summed E-state index contributed by atoms with van der Waals surface area (Å²) in [6.45, 7) is 0. The van der Waals surface area contributed by atoms with Gasteiger partial charge in [-0.05, 0) is 30.3 Å². The summed E-state index contributed by atoms with van der Waals surface area (Å²) in [6.07, 6.45) is 1.19. The summed E-state index contributed by atoms with van der Waals surface area (Å²) in [5, 5.41) is 2.58. The summed E-state index contributed by atoms with van der Waals surface area (Å²) in [5.41, 5.74) is 0.104. The molecule has 0 spiro atoms. The quantitative estimate of drug-likeness (QED) is 0.714. The maximum absolute atomic E-state index is 12.7. The van der Waals surface area contributed by atoms with E-state index in [2.05, 4.69) is 15.3 Å². The Hall–Kier alpha value is -2.87. The van der Waals surface area contributed by atoms with Gasteiger partial charge in [-0.3, -0.25) is 4.79 Å². The standard InChI is InChI=1S/C16H10ClF3N4O/c17-14-11(2-1-5-21-14)15(25)22-6-7-24-9-23-12-8-10(16(18,19)20)3-4-13(12)24/h1-9H,(H,22,25)/b7-6+. The van der Waals surface area contributed by atoms with Gasteiger partial charge in [-0.15, -0.1) is 0 Å². The summed E-state index contributed by atoms with van der Waals surface area (Å²) in [5.74, 6) is -0.460. The van der Waals surface area contributed by atoms with Crippen LogP contribution in [-0.2, 0) is 6.18 Å². The molecule has 1 aromatic carbocycles. The molecular formula is C16H10ClF3N4O. The Bertz CT molecular complexity index is 965. The van der Waals surface area contributed by atoms with Crippen LogP contribution < -0.4 is 5.32 Å². The number of fused-ring (bicyclic) bond motifs is 1. The number of rotatable bonds is 3. The number of hydrogen-bond donors (Lipinski definition) is 1. The van der Waals surface area contributed by atoms with E-state index in [0.29, 0.717) is 5.52 Å². The van der Waals surface area contributed by atoms with Crippen LogP contribution >= 0.6 is 11.6 Å². The van der Waals surface area contributed by atoms with Gasteiger partial charge in [-0.2, -0.15) is 13.2 Å². The van der Waals surface area contributed by atoms with E-state index in [0.717, 1.165) is 12.1 Å². The van der Waals surface area contributed by atoms with Crippen molar-refractivity contribution >= 4 is 34.7 Å². The molecule has 0 saturated carbocycles. The average Bonchev–Trinajstić information content (AvgIpc) is 2.97. The maximum Gasteiger partial charge on any atom is 0.416 e. The molecule has 2 heterocycles. The second-order valence-corrected chi connectivity index (χ2v) is 5.34. The number of nitrogens with zero attached hydrogens (tertiary/aromatic N) is 3. The van der Waals surface area contributed by atoms with Crippen LogP contribution in [0.3, 0.4) is 0 Å². The molecule has 0 unspecified atom stereocenters. The normalized spacial score (nSPS) is 12.0. The number of pyridine rings is 1. The lowest BCUT2D eigenvalue weighted by Crippen LogP contribution is -2.17. The predicted octanol–water partition coefficient (Wildman–Crippen LogP) is 3.96. The van der Waals surface area contributed by atoms with Crippen LogP contribution in [0.2, 0.25) is 5.15 Å². The van der Waals surface area contributed by atoms with E-state index in [4.69, 9.17) is 11.6 Å². The van der Waals surface area contributed by atoms with Crippen LogP contribution in [-0.4, -0.2) is 20.4 Å². The van der Waals surface area contributed by atoms with Gasteiger partial charge < -0.3 is 9.88 Å². The molecule has 0 saturated heterocycles. The number of carbonyl (C=O) groups excluding carboxylic acids is 1. The Morgan fingerprint density at radius 3 is 2.76 bits per heavy atom. The van der Waals surface area contributed by atoms with Crippen LogP contribution in [0.25, 0.3) is 17.2 Å². The first-order chi connectivity index (χ1) is 11.9. The summed E-state index contributed by atoms with van der Waals surface area (Å²) in [4.78, 5) is 19.7. The number of benzene rings is 1. The number of hydrogen-bond acceptors (Lipinski definition) is 3. The van der Waals surface area contributed by atoms with Gasteiger partial charge in [-0.1, -0.05) is 11.6 Å². The van der Waals surface area contributed by atoms with E-state index in [1.165, 1.54) is 41.6 Å². The van der Waals surface area contributed by atoms with E-state index in [9.17, 15) is 18.0 Å². The second-order valence-electron chi connectivity index (χ2n) is 4.98. The first-order valence-electron chi connectivity index (χ1n) is 6.98. The minimum absolute atomic E-state index is 0.0705. The smallest absolute Gasteiger partial charge is 0.327 e. The van der Waals surface area contributed by atoms with Crippen LogP contribution in [0.15, 0.2) is 49.1 Å². The van der Waals surface area contributed by atoms with E-state index < -0.39 is 17.6 Å². The van der Waals surface area contributed by atoms with Crippen molar-refractivity contribution in [3.05, 3.63) is 65.3 Å². The minimum atomic E-state index is -4.43. The fourth-order valence-electron chi connectivity index (χ4n) is 2.15. The molecule has 25 heavy (non-hydrogen) atoms. The molecule has 1 N–H and O–H groups in total. The van der Waals surface area contributed by atoms with Gasteiger partial charge in [0.25, 0.3) is 5.91 Å². The molecule has 0 aliphatic carbocycles. The third-order valence-electron chi connectivity index (χ3n) is 3.36. The average molecular weight is 367 g/mol. The highest BCUT2D eigenvalue weighted by Crippen LogP contribution is 2.31. The number of nitrogens with one attached hydrogen (secondary N) is 1. The Labute approximate surface area is 144 Å². The third-order valence-corrected chi connectivity index (χ3v) is 3.66. The Balaban J connectivity index is 1.78. The van der Waals surface area contributed by atoms with E-state index in [-0.39, 0.29) is 16.2 Å². The SMILES string of the molecule is O=C(N/C=C/n1cnc2cc(C(F)(F)F)ccc21)c1cccnc1Cl. The molecular weight excluding hydrogens is 357 g/mol. The zero-order chi connectivity index (χ0) is 18.0. The molecule has 5 nitrogen and oxygen atoms in total. The van der Waals surface area contributed by atoms with Crippen LogP contribution in [0, 0.1) is 0 Å². The largest absolute Gasteiger partial charge is 0.416 e. The van der Waals surface area contributed by atoms with Gasteiger partial charge in [0.05, 0.1) is 28.5 Å². The third kappa shape index (κ3) is 3.63. The second kappa shape index (κ2) is 6.56. The van der Waals surface area contributed by atoms with Crippen molar-refractivity contribution in [1.82, 2.24) is 19.9 Å². The molecule has 9 heteroatoms. The molecule has 3 rings (SSSR count). The highest BCUT2D eigenvalue weighted by molar-refractivity contribution is 6.32. The van der Waals surface area contributed by atoms with Gasteiger partial charge in [-0.25, -0.2) is 9.97 Å². The summed E-state index contributed by atoms with van der Waals surface area (Å²) in [7, 11) is 0. The molecule has 0 fully saturated rings. The predicted molar refractivity (Wildman–Crippen MR) is 86.8 cm³/mol. The maximum atomic E-state index is 12.7. The molecule has 2 aromatic heterocycles. The van der Waals surface area contributed by atoms with Gasteiger partial charge in [0.2, 0.25) is 0 Å². The van der Waals surface area contributed by atoms with Crippen LogP contribution in [0.1, 0.15) is 15.9 Å². The minimum Gasteiger partial charge on any atom is -0.327 e. The molecule has 0 aliphatic heterocycles. The molecule has 0 aliphatic rings. The zero-order valence-electron chi connectivity index (χ0n) is 12.5.